The molecule has 0 aliphatic heterocycles. The van der Waals surface area contributed by atoms with Gasteiger partial charge in [-0.05, 0) is 20.8 Å². The predicted octanol–water partition coefficient (Wildman–Crippen LogP) is 0.141. The first kappa shape index (κ1) is 13.2. The van der Waals surface area contributed by atoms with Crippen LogP contribution in [0.4, 0.5) is 4.79 Å². The van der Waals surface area contributed by atoms with Crippen LogP contribution in [0.25, 0.3) is 0 Å². The normalized spacial score (nSPS) is 11.2. The van der Waals surface area contributed by atoms with Crippen molar-refractivity contribution < 1.29 is 9.53 Å². The van der Waals surface area contributed by atoms with E-state index in [4.69, 9.17) is 16.2 Å². The van der Waals surface area contributed by atoms with E-state index in [-0.39, 0.29) is 18.2 Å². The third-order valence-corrected chi connectivity index (χ3v) is 1.73. The lowest BCUT2D eigenvalue weighted by molar-refractivity contribution is 0.0713. The second-order valence-electron chi connectivity index (χ2n) is 4.01. The minimum Gasteiger partial charge on any atom is -0.448 e. The van der Waals surface area contributed by atoms with Gasteiger partial charge in [-0.2, -0.15) is 0 Å². The highest BCUT2D eigenvalue weighted by Gasteiger charge is 2.26. The molecule has 0 rings (SSSR count). The number of carbonyl (C=O) groups excluding carboxylic acids is 1. The molecular weight excluding hydrogens is 182 g/mol. The Hall–Kier alpha value is -0.810. The highest BCUT2D eigenvalue weighted by Crippen LogP contribution is 2.13. The monoisotopic (exact) mass is 203 g/mol. The van der Waals surface area contributed by atoms with Crippen molar-refractivity contribution in [1.29, 1.82) is 0 Å². The van der Waals surface area contributed by atoms with Gasteiger partial charge < -0.3 is 21.1 Å². The van der Waals surface area contributed by atoms with Crippen LogP contribution in [0.5, 0.6) is 0 Å². The Balaban J connectivity index is 4.26. The number of hydrogen-bond acceptors (Lipinski definition) is 4. The van der Waals surface area contributed by atoms with Crippen LogP contribution in [0.15, 0.2) is 0 Å². The highest BCUT2D eigenvalue weighted by atomic mass is 16.6. The Morgan fingerprint density at radius 1 is 1.29 bits per heavy atom. The summed E-state index contributed by atoms with van der Waals surface area (Å²) in [5.74, 6) is 0. The fourth-order valence-electron chi connectivity index (χ4n) is 1.05. The predicted molar refractivity (Wildman–Crippen MR) is 55.9 cm³/mol. The van der Waals surface area contributed by atoms with Gasteiger partial charge in [0, 0.05) is 25.2 Å². The van der Waals surface area contributed by atoms with Gasteiger partial charge in [0.2, 0.25) is 0 Å². The maximum Gasteiger partial charge on any atom is 0.410 e. The van der Waals surface area contributed by atoms with Crippen LogP contribution in [0, 0.1) is 0 Å². The fraction of sp³-hybridized carbons (Fsp3) is 0.889. The van der Waals surface area contributed by atoms with E-state index in [1.54, 1.807) is 4.90 Å². The molecule has 0 aliphatic carbocycles. The van der Waals surface area contributed by atoms with E-state index in [0.717, 1.165) is 0 Å². The molecule has 0 aromatic carbocycles. The quantitative estimate of drug-likeness (QED) is 0.681. The molecule has 0 fully saturated rings. The SMILES string of the molecule is CC(C)(C)N(CCN)C(=O)OCCN. The molecule has 1 amide bonds. The average molecular weight is 203 g/mol. The van der Waals surface area contributed by atoms with Gasteiger partial charge in [-0.3, -0.25) is 0 Å². The van der Waals surface area contributed by atoms with Crippen molar-refractivity contribution in [2.45, 2.75) is 26.3 Å². The molecule has 0 unspecified atom stereocenters. The van der Waals surface area contributed by atoms with Crippen LogP contribution in [0.2, 0.25) is 0 Å². The van der Waals surface area contributed by atoms with Crippen molar-refractivity contribution in [3.8, 4) is 0 Å². The van der Waals surface area contributed by atoms with Gasteiger partial charge in [-0.1, -0.05) is 0 Å². The van der Waals surface area contributed by atoms with Crippen molar-refractivity contribution in [1.82, 2.24) is 4.90 Å². The van der Waals surface area contributed by atoms with Gasteiger partial charge in [0.1, 0.15) is 6.61 Å². The van der Waals surface area contributed by atoms with E-state index < -0.39 is 0 Å². The maximum absolute atomic E-state index is 11.5. The van der Waals surface area contributed by atoms with E-state index in [1.807, 2.05) is 20.8 Å². The Morgan fingerprint density at radius 2 is 1.86 bits per heavy atom. The third-order valence-electron chi connectivity index (χ3n) is 1.73. The van der Waals surface area contributed by atoms with Crippen LogP contribution in [-0.4, -0.2) is 42.8 Å². The Kier molecular flexibility index (Phi) is 5.49. The largest absolute Gasteiger partial charge is 0.448 e. The first-order valence-corrected chi connectivity index (χ1v) is 4.78. The molecule has 4 N–H and O–H groups in total. The van der Waals surface area contributed by atoms with E-state index in [0.29, 0.717) is 19.6 Å². The molecule has 0 aromatic heterocycles. The first-order chi connectivity index (χ1) is 6.43. The lowest BCUT2D eigenvalue weighted by Gasteiger charge is -2.34. The van der Waals surface area contributed by atoms with Gasteiger partial charge in [-0.25, -0.2) is 4.79 Å². The van der Waals surface area contributed by atoms with Crippen molar-refractivity contribution in [2.75, 3.05) is 26.2 Å². The highest BCUT2D eigenvalue weighted by molar-refractivity contribution is 5.68. The zero-order chi connectivity index (χ0) is 11.2. The van der Waals surface area contributed by atoms with Crippen molar-refractivity contribution in [2.24, 2.45) is 11.5 Å². The number of amides is 1. The second-order valence-corrected chi connectivity index (χ2v) is 4.01. The lowest BCUT2D eigenvalue weighted by atomic mass is 10.1. The zero-order valence-corrected chi connectivity index (χ0v) is 9.25. The molecule has 0 heterocycles. The van der Waals surface area contributed by atoms with Crippen molar-refractivity contribution in [3.63, 3.8) is 0 Å². The zero-order valence-electron chi connectivity index (χ0n) is 9.25. The third kappa shape index (κ3) is 4.43. The van der Waals surface area contributed by atoms with Crippen molar-refractivity contribution in [3.05, 3.63) is 0 Å². The molecule has 84 valence electrons. The standard InChI is InChI=1S/C9H21N3O2/c1-9(2,3)12(6-4-10)8(13)14-7-5-11/h4-7,10-11H2,1-3H3. The lowest BCUT2D eigenvalue weighted by Crippen LogP contribution is -2.48. The van der Waals surface area contributed by atoms with Crippen molar-refractivity contribution >= 4 is 6.09 Å². The fourth-order valence-corrected chi connectivity index (χ4v) is 1.05. The molecule has 5 heteroatoms. The topological polar surface area (TPSA) is 81.6 Å². The van der Waals surface area contributed by atoms with Gasteiger partial charge in [0.25, 0.3) is 0 Å². The molecule has 0 aliphatic rings. The van der Waals surface area contributed by atoms with Crippen LogP contribution in [-0.2, 0) is 4.74 Å². The second kappa shape index (κ2) is 5.82. The molecule has 0 radical (unpaired) electrons. The summed E-state index contributed by atoms with van der Waals surface area (Å²) in [4.78, 5) is 13.1. The Bertz CT molecular complexity index is 177. The molecule has 0 spiro atoms. The summed E-state index contributed by atoms with van der Waals surface area (Å²) in [5, 5.41) is 0. The minimum absolute atomic E-state index is 0.246. The number of hydrogen-bond donors (Lipinski definition) is 2. The van der Waals surface area contributed by atoms with E-state index in [9.17, 15) is 4.79 Å². The van der Waals surface area contributed by atoms with Gasteiger partial charge in [0.15, 0.2) is 0 Å². The Labute approximate surface area is 85.4 Å². The van der Waals surface area contributed by atoms with Crippen LogP contribution < -0.4 is 11.5 Å². The molecule has 0 bridgehead atoms. The van der Waals surface area contributed by atoms with Gasteiger partial charge >= 0.3 is 6.09 Å². The number of rotatable bonds is 4. The van der Waals surface area contributed by atoms with E-state index >= 15 is 0 Å². The van der Waals surface area contributed by atoms with Crippen LogP contribution in [0.3, 0.4) is 0 Å². The Morgan fingerprint density at radius 3 is 2.21 bits per heavy atom. The molecule has 0 atom stereocenters. The summed E-state index contributed by atoms with van der Waals surface area (Å²) in [6.45, 7) is 7.31. The number of nitrogens with zero attached hydrogens (tertiary/aromatic N) is 1. The summed E-state index contributed by atoms with van der Waals surface area (Å²) >= 11 is 0. The average Bonchev–Trinajstić information content (AvgIpc) is 2.08. The van der Waals surface area contributed by atoms with E-state index in [2.05, 4.69) is 0 Å². The van der Waals surface area contributed by atoms with Crippen LogP contribution in [0.1, 0.15) is 20.8 Å². The summed E-state index contributed by atoms with van der Waals surface area (Å²) in [5.41, 5.74) is 10.4. The maximum atomic E-state index is 11.5. The van der Waals surface area contributed by atoms with Crippen LogP contribution >= 0.6 is 0 Å². The summed E-state index contributed by atoms with van der Waals surface area (Å²) in [6.07, 6.45) is -0.353. The molecule has 0 saturated carbocycles. The molecule has 0 saturated heterocycles. The number of carbonyl (C=O) groups is 1. The molecule has 0 aromatic rings. The minimum atomic E-state index is -0.353. The molecule has 14 heavy (non-hydrogen) atoms. The summed E-state index contributed by atoms with van der Waals surface area (Å²) in [7, 11) is 0. The van der Waals surface area contributed by atoms with Gasteiger partial charge in [-0.15, -0.1) is 0 Å². The number of ether oxygens (including phenoxy) is 1. The molecular formula is C9H21N3O2. The number of nitrogens with two attached hydrogens (primary N) is 2. The smallest absolute Gasteiger partial charge is 0.410 e. The first-order valence-electron chi connectivity index (χ1n) is 4.78. The van der Waals surface area contributed by atoms with Gasteiger partial charge in [0.05, 0.1) is 0 Å². The molecule has 5 nitrogen and oxygen atoms in total. The summed E-state index contributed by atoms with van der Waals surface area (Å²) < 4.78 is 4.94. The van der Waals surface area contributed by atoms with E-state index in [1.165, 1.54) is 0 Å². The summed E-state index contributed by atoms with van der Waals surface area (Å²) in [6, 6.07) is 0.